The SMILES string of the molecule is O=C(Nc1ccc(I)cc1)N1CCCC1c1ccncc1. The van der Waals surface area contributed by atoms with E-state index < -0.39 is 0 Å². The third-order valence-corrected chi connectivity index (χ3v) is 4.42. The minimum Gasteiger partial charge on any atom is -0.317 e. The number of rotatable bonds is 2. The molecule has 0 radical (unpaired) electrons. The van der Waals surface area contributed by atoms with Gasteiger partial charge < -0.3 is 10.2 Å². The van der Waals surface area contributed by atoms with Gasteiger partial charge in [0.2, 0.25) is 0 Å². The molecule has 4 nitrogen and oxygen atoms in total. The van der Waals surface area contributed by atoms with E-state index >= 15 is 0 Å². The number of hydrogen-bond donors (Lipinski definition) is 1. The summed E-state index contributed by atoms with van der Waals surface area (Å²) in [6.45, 7) is 0.795. The number of amides is 2. The molecule has 1 aromatic carbocycles. The van der Waals surface area contributed by atoms with Crippen LogP contribution in [0.5, 0.6) is 0 Å². The maximum atomic E-state index is 12.5. The number of pyridine rings is 1. The fourth-order valence-corrected chi connectivity index (χ4v) is 3.03. The smallest absolute Gasteiger partial charge is 0.317 e. The van der Waals surface area contributed by atoms with Crippen LogP contribution in [0.1, 0.15) is 24.4 Å². The lowest BCUT2D eigenvalue weighted by Gasteiger charge is -2.25. The molecule has 0 spiro atoms. The number of benzene rings is 1. The standard InChI is InChI=1S/C16H16IN3O/c17-13-3-5-14(6-4-13)19-16(21)20-11-1-2-15(20)12-7-9-18-10-8-12/h3-10,15H,1-2,11H2,(H,19,21). The van der Waals surface area contributed by atoms with Crippen LogP contribution >= 0.6 is 22.6 Å². The summed E-state index contributed by atoms with van der Waals surface area (Å²) in [5.41, 5.74) is 1.99. The highest BCUT2D eigenvalue weighted by Crippen LogP contribution is 2.32. The predicted molar refractivity (Wildman–Crippen MR) is 91.1 cm³/mol. The maximum Gasteiger partial charge on any atom is 0.322 e. The molecule has 1 aromatic heterocycles. The Morgan fingerprint density at radius 3 is 2.62 bits per heavy atom. The predicted octanol–water partition coefficient (Wildman–Crippen LogP) is 4.06. The first-order valence-electron chi connectivity index (χ1n) is 6.97. The van der Waals surface area contributed by atoms with Crippen molar-refractivity contribution in [1.29, 1.82) is 0 Å². The van der Waals surface area contributed by atoms with Gasteiger partial charge in [-0.1, -0.05) is 0 Å². The zero-order valence-electron chi connectivity index (χ0n) is 11.5. The van der Waals surface area contributed by atoms with Gasteiger partial charge in [0.25, 0.3) is 0 Å². The number of nitrogens with one attached hydrogen (secondary N) is 1. The summed E-state index contributed by atoms with van der Waals surface area (Å²) in [5, 5.41) is 2.98. The number of hydrogen-bond acceptors (Lipinski definition) is 2. The van der Waals surface area contributed by atoms with Crippen LogP contribution in [0.3, 0.4) is 0 Å². The summed E-state index contributed by atoms with van der Waals surface area (Å²) in [4.78, 5) is 18.4. The summed E-state index contributed by atoms with van der Waals surface area (Å²) < 4.78 is 1.15. The highest BCUT2D eigenvalue weighted by Gasteiger charge is 2.29. The van der Waals surface area contributed by atoms with E-state index in [0.717, 1.165) is 34.2 Å². The molecule has 0 aliphatic carbocycles. The monoisotopic (exact) mass is 393 g/mol. The topological polar surface area (TPSA) is 45.2 Å². The summed E-state index contributed by atoms with van der Waals surface area (Å²) in [7, 11) is 0. The number of aromatic nitrogens is 1. The van der Waals surface area contributed by atoms with Crippen molar-refractivity contribution in [3.05, 3.63) is 57.9 Å². The minimum absolute atomic E-state index is 0.0319. The van der Waals surface area contributed by atoms with Crippen LogP contribution in [-0.4, -0.2) is 22.5 Å². The van der Waals surface area contributed by atoms with E-state index in [1.54, 1.807) is 12.4 Å². The van der Waals surface area contributed by atoms with Gasteiger partial charge in [0, 0.05) is 28.2 Å². The first kappa shape index (κ1) is 14.3. The highest BCUT2D eigenvalue weighted by atomic mass is 127. The van der Waals surface area contributed by atoms with Gasteiger partial charge in [0.05, 0.1) is 6.04 Å². The molecular weight excluding hydrogens is 377 g/mol. The Bertz CT molecular complexity index is 615. The molecule has 1 atom stereocenters. The molecule has 1 unspecified atom stereocenters. The summed E-state index contributed by atoms with van der Waals surface area (Å²) in [5.74, 6) is 0. The average molecular weight is 393 g/mol. The van der Waals surface area contributed by atoms with Crippen molar-refractivity contribution in [3.8, 4) is 0 Å². The lowest BCUT2D eigenvalue weighted by molar-refractivity contribution is 0.207. The Morgan fingerprint density at radius 1 is 1.19 bits per heavy atom. The number of nitrogens with zero attached hydrogens (tertiary/aromatic N) is 2. The molecule has 1 aliphatic rings. The van der Waals surface area contributed by atoms with Gasteiger partial charge in [-0.25, -0.2) is 4.79 Å². The van der Waals surface area contributed by atoms with E-state index in [4.69, 9.17) is 0 Å². The molecule has 1 saturated heterocycles. The molecule has 2 heterocycles. The Hall–Kier alpha value is -1.63. The Kier molecular flexibility index (Phi) is 4.38. The minimum atomic E-state index is -0.0319. The first-order valence-corrected chi connectivity index (χ1v) is 8.05. The molecule has 1 fully saturated rings. The van der Waals surface area contributed by atoms with Gasteiger partial charge in [0.1, 0.15) is 0 Å². The fraction of sp³-hybridized carbons (Fsp3) is 0.250. The number of halogens is 1. The zero-order valence-corrected chi connectivity index (χ0v) is 13.7. The fourth-order valence-electron chi connectivity index (χ4n) is 2.67. The molecule has 2 aromatic rings. The van der Waals surface area contributed by atoms with Crippen LogP contribution < -0.4 is 5.32 Å². The van der Waals surface area contributed by atoms with Gasteiger partial charge in [-0.3, -0.25) is 4.98 Å². The van der Waals surface area contributed by atoms with E-state index in [0.29, 0.717) is 0 Å². The Labute approximate surface area is 137 Å². The van der Waals surface area contributed by atoms with Crippen LogP contribution in [0.25, 0.3) is 0 Å². The first-order chi connectivity index (χ1) is 10.2. The summed E-state index contributed by atoms with van der Waals surface area (Å²) in [6.07, 6.45) is 5.60. The molecule has 1 aliphatic heterocycles. The number of urea groups is 1. The van der Waals surface area contributed by atoms with E-state index in [1.165, 1.54) is 0 Å². The zero-order chi connectivity index (χ0) is 14.7. The molecule has 5 heteroatoms. The lowest BCUT2D eigenvalue weighted by atomic mass is 10.1. The second kappa shape index (κ2) is 6.43. The summed E-state index contributed by atoms with van der Waals surface area (Å²) >= 11 is 2.25. The van der Waals surface area contributed by atoms with Crippen molar-refractivity contribution >= 4 is 34.3 Å². The molecule has 3 rings (SSSR count). The van der Waals surface area contributed by atoms with Crippen LogP contribution in [0.2, 0.25) is 0 Å². The molecule has 108 valence electrons. The highest BCUT2D eigenvalue weighted by molar-refractivity contribution is 14.1. The number of anilines is 1. The van der Waals surface area contributed by atoms with Gasteiger partial charge >= 0.3 is 6.03 Å². The number of carbonyl (C=O) groups excluding carboxylic acids is 1. The van der Waals surface area contributed by atoms with E-state index in [2.05, 4.69) is 32.9 Å². The molecule has 1 N–H and O–H groups in total. The van der Waals surface area contributed by atoms with Crippen molar-refractivity contribution in [2.75, 3.05) is 11.9 Å². The van der Waals surface area contributed by atoms with Crippen molar-refractivity contribution < 1.29 is 4.79 Å². The quantitative estimate of drug-likeness (QED) is 0.783. The molecule has 21 heavy (non-hydrogen) atoms. The number of carbonyl (C=O) groups is 1. The van der Waals surface area contributed by atoms with E-state index in [-0.39, 0.29) is 12.1 Å². The van der Waals surface area contributed by atoms with Crippen LogP contribution in [0.4, 0.5) is 10.5 Å². The summed E-state index contributed by atoms with van der Waals surface area (Å²) in [6, 6.07) is 11.9. The Morgan fingerprint density at radius 2 is 1.90 bits per heavy atom. The van der Waals surface area contributed by atoms with Crippen LogP contribution in [-0.2, 0) is 0 Å². The van der Waals surface area contributed by atoms with Crippen molar-refractivity contribution in [1.82, 2.24) is 9.88 Å². The van der Waals surface area contributed by atoms with Crippen molar-refractivity contribution in [2.24, 2.45) is 0 Å². The molecule has 2 amide bonds. The van der Waals surface area contributed by atoms with Gasteiger partial charge in [-0.2, -0.15) is 0 Å². The van der Waals surface area contributed by atoms with Crippen molar-refractivity contribution in [3.63, 3.8) is 0 Å². The van der Waals surface area contributed by atoms with Gasteiger partial charge in [-0.15, -0.1) is 0 Å². The maximum absolute atomic E-state index is 12.5. The third-order valence-electron chi connectivity index (χ3n) is 3.70. The molecule has 0 bridgehead atoms. The average Bonchev–Trinajstić information content (AvgIpc) is 3.00. The second-order valence-corrected chi connectivity index (χ2v) is 6.31. The lowest BCUT2D eigenvalue weighted by Crippen LogP contribution is -2.34. The van der Waals surface area contributed by atoms with Crippen molar-refractivity contribution in [2.45, 2.75) is 18.9 Å². The normalized spacial score (nSPS) is 17.8. The van der Waals surface area contributed by atoms with Gasteiger partial charge in [-0.05, 0) is 77.4 Å². The molecular formula is C16H16IN3O. The molecule has 0 saturated carbocycles. The Balaban J connectivity index is 1.73. The third kappa shape index (κ3) is 3.34. The second-order valence-electron chi connectivity index (χ2n) is 5.07. The van der Waals surface area contributed by atoms with E-state index in [1.807, 2.05) is 41.3 Å². The van der Waals surface area contributed by atoms with Crippen LogP contribution in [0.15, 0.2) is 48.8 Å². The largest absolute Gasteiger partial charge is 0.322 e. The van der Waals surface area contributed by atoms with E-state index in [9.17, 15) is 4.79 Å². The van der Waals surface area contributed by atoms with Crippen LogP contribution in [0, 0.1) is 3.57 Å². The number of likely N-dealkylation sites (tertiary alicyclic amines) is 1. The van der Waals surface area contributed by atoms with Gasteiger partial charge in [0.15, 0.2) is 0 Å².